The first-order valence-electron chi connectivity index (χ1n) is 7.48. The Morgan fingerprint density at radius 3 is 2.64 bits per heavy atom. The molecule has 0 atom stereocenters. The minimum Gasteiger partial charge on any atom is -0.338 e. The first-order chi connectivity index (χ1) is 10.6. The molecule has 2 aliphatic heterocycles. The minimum atomic E-state index is -0.345. The van der Waals surface area contributed by atoms with Crippen molar-refractivity contribution in [2.24, 2.45) is 0 Å². The van der Waals surface area contributed by atoms with Crippen LogP contribution < -0.4 is 5.32 Å². The number of carbonyl (C=O) groups is 3. The standard InChI is InChI=1S/C16H19N3O3/c1-11-4-2-3-5-12(11)6-7-14(20)18-9-13(10-18)19-15(21)8-17-16(19)22/h2-5,13H,6-10H2,1H3,(H,17,22). The van der Waals surface area contributed by atoms with Crippen molar-refractivity contribution in [2.45, 2.75) is 25.8 Å². The number of urea groups is 1. The maximum atomic E-state index is 12.2. The highest BCUT2D eigenvalue weighted by Crippen LogP contribution is 2.19. The molecular formula is C16H19N3O3. The number of hydrogen-bond acceptors (Lipinski definition) is 3. The summed E-state index contributed by atoms with van der Waals surface area (Å²) in [5.74, 6) is -0.131. The average Bonchev–Trinajstić information content (AvgIpc) is 2.77. The Bertz CT molecular complexity index is 607. The highest BCUT2D eigenvalue weighted by atomic mass is 16.2. The monoisotopic (exact) mass is 301 g/mol. The third-order valence-electron chi connectivity index (χ3n) is 4.33. The summed E-state index contributed by atoms with van der Waals surface area (Å²) in [7, 11) is 0. The van der Waals surface area contributed by atoms with Crippen molar-refractivity contribution in [1.29, 1.82) is 0 Å². The van der Waals surface area contributed by atoms with Gasteiger partial charge in [0.1, 0.15) is 0 Å². The van der Waals surface area contributed by atoms with Crippen LogP contribution in [0.15, 0.2) is 24.3 Å². The molecule has 0 aliphatic carbocycles. The molecule has 0 spiro atoms. The maximum absolute atomic E-state index is 12.2. The summed E-state index contributed by atoms with van der Waals surface area (Å²) in [6.07, 6.45) is 1.17. The molecule has 0 unspecified atom stereocenters. The van der Waals surface area contributed by atoms with Crippen LogP contribution in [0.4, 0.5) is 4.79 Å². The van der Waals surface area contributed by atoms with Gasteiger partial charge in [-0.15, -0.1) is 0 Å². The number of benzene rings is 1. The van der Waals surface area contributed by atoms with Gasteiger partial charge in [0, 0.05) is 19.5 Å². The van der Waals surface area contributed by atoms with Crippen LogP contribution in [0.3, 0.4) is 0 Å². The topological polar surface area (TPSA) is 69.7 Å². The Hall–Kier alpha value is -2.37. The van der Waals surface area contributed by atoms with Crippen LogP contribution in [0, 0.1) is 6.92 Å². The third-order valence-corrected chi connectivity index (χ3v) is 4.33. The number of nitrogens with one attached hydrogen (secondary N) is 1. The molecule has 3 rings (SSSR count). The van der Waals surface area contributed by atoms with E-state index >= 15 is 0 Å². The molecule has 2 fully saturated rings. The van der Waals surface area contributed by atoms with E-state index in [4.69, 9.17) is 0 Å². The van der Waals surface area contributed by atoms with Gasteiger partial charge < -0.3 is 10.2 Å². The van der Waals surface area contributed by atoms with E-state index in [1.165, 1.54) is 16.0 Å². The minimum absolute atomic E-state index is 0.0660. The van der Waals surface area contributed by atoms with Crippen molar-refractivity contribution in [3.63, 3.8) is 0 Å². The van der Waals surface area contributed by atoms with Gasteiger partial charge >= 0.3 is 6.03 Å². The lowest BCUT2D eigenvalue weighted by atomic mass is 10.0. The SMILES string of the molecule is Cc1ccccc1CCC(=O)N1CC(N2C(=O)CNC2=O)C1. The summed E-state index contributed by atoms with van der Waals surface area (Å²) < 4.78 is 0. The molecule has 0 bridgehead atoms. The van der Waals surface area contributed by atoms with Gasteiger partial charge in [0.25, 0.3) is 0 Å². The molecule has 22 heavy (non-hydrogen) atoms. The van der Waals surface area contributed by atoms with Gasteiger partial charge in [-0.25, -0.2) is 4.79 Å². The zero-order valence-electron chi connectivity index (χ0n) is 12.5. The van der Waals surface area contributed by atoms with Crippen LogP contribution in [-0.2, 0) is 16.0 Å². The molecule has 1 N–H and O–H groups in total. The first-order valence-corrected chi connectivity index (χ1v) is 7.48. The number of aryl methyl sites for hydroxylation is 2. The van der Waals surface area contributed by atoms with Crippen molar-refractivity contribution in [1.82, 2.24) is 15.1 Å². The second-order valence-electron chi connectivity index (χ2n) is 5.80. The van der Waals surface area contributed by atoms with Crippen LogP contribution >= 0.6 is 0 Å². The van der Waals surface area contributed by atoms with E-state index in [2.05, 4.69) is 5.32 Å². The highest BCUT2D eigenvalue weighted by molar-refractivity contribution is 6.02. The number of imide groups is 1. The smallest absolute Gasteiger partial charge is 0.324 e. The molecule has 2 aliphatic rings. The predicted molar refractivity (Wildman–Crippen MR) is 80.1 cm³/mol. The molecule has 1 aromatic rings. The fraction of sp³-hybridized carbons (Fsp3) is 0.438. The van der Waals surface area contributed by atoms with Gasteiger partial charge in [-0.1, -0.05) is 24.3 Å². The number of hydrogen-bond donors (Lipinski definition) is 1. The molecule has 2 saturated heterocycles. The van der Waals surface area contributed by atoms with E-state index in [0.717, 1.165) is 6.42 Å². The van der Waals surface area contributed by atoms with E-state index in [1.54, 1.807) is 4.90 Å². The Kier molecular flexibility index (Phi) is 3.83. The van der Waals surface area contributed by atoms with Crippen molar-refractivity contribution < 1.29 is 14.4 Å². The van der Waals surface area contributed by atoms with E-state index in [0.29, 0.717) is 19.5 Å². The second kappa shape index (κ2) is 5.79. The van der Waals surface area contributed by atoms with E-state index in [-0.39, 0.29) is 30.4 Å². The van der Waals surface area contributed by atoms with Gasteiger partial charge in [0.2, 0.25) is 11.8 Å². The van der Waals surface area contributed by atoms with Gasteiger partial charge in [-0.2, -0.15) is 0 Å². The molecule has 0 saturated carbocycles. The zero-order chi connectivity index (χ0) is 15.7. The lowest BCUT2D eigenvalue weighted by molar-refractivity contribution is -0.142. The summed E-state index contributed by atoms with van der Waals surface area (Å²) in [4.78, 5) is 38.2. The van der Waals surface area contributed by atoms with Crippen molar-refractivity contribution >= 4 is 17.8 Å². The van der Waals surface area contributed by atoms with Crippen molar-refractivity contribution in [2.75, 3.05) is 19.6 Å². The maximum Gasteiger partial charge on any atom is 0.324 e. The molecule has 0 radical (unpaired) electrons. The van der Waals surface area contributed by atoms with E-state index in [9.17, 15) is 14.4 Å². The molecule has 116 valence electrons. The fourth-order valence-corrected chi connectivity index (χ4v) is 2.92. The van der Waals surface area contributed by atoms with Crippen molar-refractivity contribution in [3.05, 3.63) is 35.4 Å². The molecule has 6 nitrogen and oxygen atoms in total. The summed E-state index contributed by atoms with van der Waals surface area (Å²) >= 11 is 0. The predicted octanol–water partition coefficient (Wildman–Crippen LogP) is 0.690. The van der Waals surface area contributed by atoms with Crippen LogP contribution in [-0.4, -0.2) is 53.3 Å². The summed E-state index contributed by atoms with van der Waals surface area (Å²) in [6.45, 7) is 3.01. The first kappa shape index (κ1) is 14.6. The summed E-state index contributed by atoms with van der Waals surface area (Å²) in [5, 5.41) is 2.50. The number of amides is 4. The molecule has 0 aromatic heterocycles. The van der Waals surface area contributed by atoms with E-state index < -0.39 is 0 Å². The summed E-state index contributed by atoms with van der Waals surface area (Å²) in [6, 6.07) is 7.52. The quantitative estimate of drug-likeness (QED) is 0.832. The van der Waals surface area contributed by atoms with Gasteiger partial charge in [0.05, 0.1) is 12.6 Å². The fourth-order valence-electron chi connectivity index (χ4n) is 2.92. The molecule has 1 aromatic carbocycles. The van der Waals surface area contributed by atoms with Crippen LogP contribution in [0.1, 0.15) is 17.5 Å². The summed E-state index contributed by atoms with van der Waals surface area (Å²) in [5.41, 5.74) is 2.37. The Morgan fingerprint density at radius 1 is 1.27 bits per heavy atom. The molecule has 2 heterocycles. The lowest BCUT2D eigenvalue weighted by Crippen LogP contribution is -2.62. The molecule has 4 amide bonds. The number of nitrogens with zero attached hydrogens (tertiary/aromatic N) is 2. The van der Waals surface area contributed by atoms with Gasteiger partial charge in [0.15, 0.2) is 0 Å². The largest absolute Gasteiger partial charge is 0.338 e. The Balaban J connectivity index is 1.49. The molecular weight excluding hydrogens is 282 g/mol. The Morgan fingerprint density at radius 2 is 2.00 bits per heavy atom. The van der Waals surface area contributed by atoms with E-state index in [1.807, 2.05) is 31.2 Å². The molecule has 6 heteroatoms. The van der Waals surface area contributed by atoms with Crippen LogP contribution in [0.25, 0.3) is 0 Å². The third kappa shape index (κ3) is 2.68. The zero-order valence-corrected chi connectivity index (χ0v) is 12.5. The van der Waals surface area contributed by atoms with Crippen LogP contribution in [0.2, 0.25) is 0 Å². The lowest BCUT2D eigenvalue weighted by Gasteiger charge is -2.42. The van der Waals surface area contributed by atoms with Gasteiger partial charge in [-0.3, -0.25) is 14.5 Å². The average molecular weight is 301 g/mol. The van der Waals surface area contributed by atoms with Crippen LogP contribution in [0.5, 0.6) is 0 Å². The Labute approximate surface area is 129 Å². The second-order valence-corrected chi connectivity index (χ2v) is 5.80. The number of carbonyl (C=O) groups excluding carboxylic acids is 3. The van der Waals surface area contributed by atoms with Gasteiger partial charge in [-0.05, 0) is 24.5 Å². The highest BCUT2D eigenvalue weighted by Gasteiger charge is 2.42. The number of rotatable bonds is 4. The number of likely N-dealkylation sites (tertiary alicyclic amines) is 1. The van der Waals surface area contributed by atoms with Crippen molar-refractivity contribution in [3.8, 4) is 0 Å². The normalized spacial score (nSPS) is 18.4.